The van der Waals surface area contributed by atoms with Gasteiger partial charge in [-0.2, -0.15) is 0 Å². The first-order valence-corrected chi connectivity index (χ1v) is 7.58. The standard InChI is InChI=1S/C18H16FNO4/c19-14-5-6-15-13(9-14)10-16(24-15)17(21)20-8-7-11-1-3-12(4-2-11)18(22)23/h1-6,9,16H,7-8,10H2,(H,20,21)(H,22,23). The number of hydrogen-bond donors (Lipinski definition) is 2. The number of rotatable bonds is 5. The largest absolute Gasteiger partial charge is 0.480 e. The third-order valence-corrected chi connectivity index (χ3v) is 3.90. The maximum Gasteiger partial charge on any atom is 0.335 e. The highest BCUT2D eigenvalue weighted by Crippen LogP contribution is 2.29. The Morgan fingerprint density at radius 3 is 2.67 bits per heavy atom. The minimum atomic E-state index is -0.968. The van der Waals surface area contributed by atoms with Gasteiger partial charge >= 0.3 is 5.97 Å². The number of ether oxygens (including phenoxy) is 1. The number of benzene rings is 2. The fourth-order valence-corrected chi connectivity index (χ4v) is 2.62. The maximum absolute atomic E-state index is 13.2. The van der Waals surface area contributed by atoms with Crippen LogP contribution in [0.1, 0.15) is 21.5 Å². The van der Waals surface area contributed by atoms with E-state index in [0.717, 1.165) is 5.56 Å². The number of aromatic carboxylic acids is 1. The summed E-state index contributed by atoms with van der Waals surface area (Å²) in [6.45, 7) is 0.413. The molecule has 1 atom stereocenters. The highest BCUT2D eigenvalue weighted by Gasteiger charge is 2.29. The maximum atomic E-state index is 13.2. The topological polar surface area (TPSA) is 75.6 Å². The van der Waals surface area contributed by atoms with Crippen LogP contribution in [0.4, 0.5) is 4.39 Å². The van der Waals surface area contributed by atoms with Crippen molar-refractivity contribution in [3.05, 3.63) is 65.0 Å². The molecule has 3 rings (SSSR count). The molecule has 1 unspecified atom stereocenters. The number of carbonyl (C=O) groups is 2. The molecule has 1 aliphatic heterocycles. The van der Waals surface area contributed by atoms with Crippen LogP contribution in [-0.2, 0) is 17.6 Å². The molecule has 2 aromatic carbocycles. The molecule has 0 aromatic heterocycles. The monoisotopic (exact) mass is 329 g/mol. The molecule has 5 nitrogen and oxygen atoms in total. The molecule has 0 spiro atoms. The summed E-state index contributed by atoms with van der Waals surface area (Å²) < 4.78 is 18.7. The summed E-state index contributed by atoms with van der Waals surface area (Å²) in [5.74, 6) is -1.01. The SMILES string of the molecule is O=C(O)c1ccc(CCNC(=O)C2Cc3cc(F)ccc3O2)cc1. The molecule has 124 valence electrons. The van der Waals surface area contributed by atoms with Gasteiger partial charge in [-0.25, -0.2) is 9.18 Å². The van der Waals surface area contributed by atoms with Crippen LogP contribution in [-0.4, -0.2) is 29.6 Å². The van der Waals surface area contributed by atoms with E-state index >= 15 is 0 Å². The molecule has 2 N–H and O–H groups in total. The Bertz CT molecular complexity index is 773. The van der Waals surface area contributed by atoms with Gasteiger partial charge in [0, 0.05) is 18.5 Å². The highest BCUT2D eigenvalue weighted by molar-refractivity contribution is 5.87. The second-order valence-electron chi connectivity index (χ2n) is 5.61. The summed E-state index contributed by atoms with van der Waals surface area (Å²) in [5.41, 5.74) is 1.85. The van der Waals surface area contributed by atoms with Crippen LogP contribution in [0, 0.1) is 5.82 Å². The summed E-state index contributed by atoms with van der Waals surface area (Å²) in [7, 11) is 0. The number of carboxylic acids is 1. The smallest absolute Gasteiger partial charge is 0.335 e. The van der Waals surface area contributed by atoms with Gasteiger partial charge in [0.05, 0.1) is 5.56 Å². The Labute approximate surface area is 138 Å². The lowest BCUT2D eigenvalue weighted by molar-refractivity contribution is -0.127. The molecular weight excluding hydrogens is 313 g/mol. The molecule has 24 heavy (non-hydrogen) atoms. The van der Waals surface area contributed by atoms with Gasteiger partial charge in [0.2, 0.25) is 0 Å². The minimum absolute atomic E-state index is 0.229. The van der Waals surface area contributed by atoms with E-state index in [4.69, 9.17) is 9.84 Å². The van der Waals surface area contributed by atoms with E-state index in [1.54, 1.807) is 12.1 Å². The Morgan fingerprint density at radius 2 is 1.96 bits per heavy atom. The third kappa shape index (κ3) is 3.53. The van der Waals surface area contributed by atoms with Crippen molar-refractivity contribution in [2.24, 2.45) is 0 Å². The number of amides is 1. The first kappa shape index (κ1) is 16.0. The van der Waals surface area contributed by atoms with Gasteiger partial charge in [-0.15, -0.1) is 0 Å². The van der Waals surface area contributed by atoms with Crippen LogP contribution in [0.5, 0.6) is 5.75 Å². The van der Waals surface area contributed by atoms with Crippen LogP contribution < -0.4 is 10.1 Å². The zero-order chi connectivity index (χ0) is 17.1. The minimum Gasteiger partial charge on any atom is -0.480 e. The van der Waals surface area contributed by atoms with E-state index in [2.05, 4.69) is 5.32 Å². The quantitative estimate of drug-likeness (QED) is 0.882. The van der Waals surface area contributed by atoms with Crippen LogP contribution in [0.15, 0.2) is 42.5 Å². The van der Waals surface area contributed by atoms with Crippen molar-refractivity contribution in [1.82, 2.24) is 5.32 Å². The number of carboxylic acid groups (broad SMARTS) is 1. The fraction of sp³-hybridized carbons (Fsp3) is 0.222. The Morgan fingerprint density at radius 1 is 1.21 bits per heavy atom. The average molecular weight is 329 g/mol. The van der Waals surface area contributed by atoms with Crippen LogP contribution >= 0.6 is 0 Å². The molecule has 1 heterocycles. The van der Waals surface area contributed by atoms with Crippen molar-refractivity contribution < 1.29 is 23.8 Å². The summed E-state index contributed by atoms with van der Waals surface area (Å²) in [6.07, 6.45) is 0.294. The molecule has 1 aliphatic rings. The van der Waals surface area contributed by atoms with Crippen molar-refractivity contribution in [2.45, 2.75) is 18.9 Å². The lowest BCUT2D eigenvalue weighted by Gasteiger charge is -2.11. The normalized spacial score (nSPS) is 15.5. The molecule has 0 radical (unpaired) electrons. The van der Waals surface area contributed by atoms with E-state index in [9.17, 15) is 14.0 Å². The Kier molecular flexibility index (Phi) is 4.46. The van der Waals surface area contributed by atoms with Gasteiger partial charge in [0.25, 0.3) is 5.91 Å². The zero-order valence-electron chi connectivity index (χ0n) is 12.8. The van der Waals surface area contributed by atoms with E-state index in [-0.39, 0.29) is 17.3 Å². The van der Waals surface area contributed by atoms with Crippen molar-refractivity contribution in [3.63, 3.8) is 0 Å². The van der Waals surface area contributed by atoms with Gasteiger partial charge < -0.3 is 15.2 Å². The second kappa shape index (κ2) is 6.70. The van der Waals surface area contributed by atoms with Gasteiger partial charge in [-0.1, -0.05) is 12.1 Å². The van der Waals surface area contributed by atoms with E-state index in [0.29, 0.717) is 30.7 Å². The first-order valence-electron chi connectivity index (χ1n) is 7.58. The number of nitrogens with one attached hydrogen (secondary N) is 1. The Balaban J connectivity index is 1.49. The fourth-order valence-electron chi connectivity index (χ4n) is 2.62. The zero-order valence-corrected chi connectivity index (χ0v) is 12.8. The van der Waals surface area contributed by atoms with E-state index in [1.165, 1.54) is 30.3 Å². The summed E-state index contributed by atoms with van der Waals surface area (Å²) in [4.78, 5) is 22.9. The van der Waals surface area contributed by atoms with Gasteiger partial charge in [-0.05, 0) is 42.3 Å². The predicted molar refractivity (Wildman–Crippen MR) is 84.6 cm³/mol. The molecule has 0 bridgehead atoms. The lowest BCUT2D eigenvalue weighted by atomic mass is 10.1. The van der Waals surface area contributed by atoms with Crippen LogP contribution in [0.3, 0.4) is 0 Å². The molecule has 0 saturated heterocycles. The van der Waals surface area contributed by atoms with Crippen molar-refractivity contribution in [2.75, 3.05) is 6.54 Å². The summed E-state index contributed by atoms with van der Waals surface area (Å²) in [6, 6.07) is 10.7. The van der Waals surface area contributed by atoms with Crippen molar-refractivity contribution in [3.8, 4) is 5.75 Å². The second-order valence-corrected chi connectivity index (χ2v) is 5.61. The van der Waals surface area contributed by atoms with Gasteiger partial charge in [0.15, 0.2) is 6.10 Å². The molecule has 6 heteroatoms. The molecular formula is C18H16FNO4. The predicted octanol–water partition coefficient (Wildman–Crippen LogP) is 2.19. The van der Waals surface area contributed by atoms with Gasteiger partial charge in [0.1, 0.15) is 11.6 Å². The van der Waals surface area contributed by atoms with Crippen molar-refractivity contribution >= 4 is 11.9 Å². The van der Waals surface area contributed by atoms with Gasteiger partial charge in [-0.3, -0.25) is 4.79 Å². The highest BCUT2D eigenvalue weighted by atomic mass is 19.1. The molecule has 2 aromatic rings. The van der Waals surface area contributed by atoms with E-state index < -0.39 is 12.1 Å². The van der Waals surface area contributed by atoms with E-state index in [1.807, 2.05) is 0 Å². The molecule has 1 amide bonds. The van der Waals surface area contributed by atoms with Crippen LogP contribution in [0.2, 0.25) is 0 Å². The number of carbonyl (C=O) groups excluding carboxylic acids is 1. The summed E-state index contributed by atoms with van der Waals surface area (Å²) in [5, 5.41) is 11.6. The number of hydrogen-bond acceptors (Lipinski definition) is 3. The van der Waals surface area contributed by atoms with Crippen molar-refractivity contribution in [1.29, 1.82) is 0 Å². The first-order chi connectivity index (χ1) is 11.5. The molecule has 0 aliphatic carbocycles. The number of halogens is 1. The summed E-state index contributed by atoms with van der Waals surface area (Å²) >= 11 is 0. The lowest BCUT2D eigenvalue weighted by Crippen LogP contribution is -2.38. The van der Waals surface area contributed by atoms with Crippen LogP contribution in [0.25, 0.3) is 0 Å². The third-order valence-electron chi connectivity index (χ3n) is 3.90. The molecule has 0 fully saturated rings. The average Bonchev–Trinajstić information content (AvgIpc) is 2.98. The number of fused-ring (bicyclic) bond motifs is 1. The Hall–Kier alpha value is -2.89. The molecule has 0 saturated carbocycles.